The molecule has 5 atom stereocenters. The monoisotopic (exact) mass is 386 g/mol. The molecule has 26 heavy (non-hydrogen) atoms. The summed E-state index contributed by atoms with van der Waals surface area (Å²) in [6, 6.07) is 0. The molecule has 0 saturated heterocycles. The molecule has 3 aliphatic carbocycles. The van der Waals surface area contributed by atoms with E-state index in [2.05, 4.69) is 13.8 Å². The largest absolute Gasteiger partial charge is 0.469 e. The minimum absolute atomic E-state index is 0.0319. The summed E-state index contributed by atoms with van der Waals surface area (Å²) in [5, 5.41) is 10.6. The van der Waals surface area contributed by atoms with E-state index in [0.717, 1.165) is 12.8 Å². The standard InChI is InChI=1S/C19H30O6S/c1-18(2)12-7-8-19(18,16(20)9-12)11-26(22,23)13-5-6-14(17(21)25-4)15(10-13)24-3/h10,12,14-16,20H,5-9,11H2,1-4H3/t12-,14-,15+,16-,19-/m1/s1. The number of fused-ring (bicyclic) bond motifs is 2. The van der Waals surface area contributed by atoms with Gasteiger partial charge in [-0.15, -0.1) is 0 Å². The summed E-state index contributed by atoms with van der Waals surface area (Å²) in [5.41, 5.74) is -0.775. The van der Waals surface area contributed by atoms with Crippen LogP contribution in [-0.2, 0) is 24.1 Å². The van der Waals surface area contributed by atoms with Gasteiger partial charge in [0.15, 0.2) is 9.84 Å². The van der Waals surface area contributed by atoms with E-state index >= 15 is 0 Å². The van der Waals surface area contributed by atoms with E-state index in [-0.39, 0.29) is 17.1 Å². The van der Waals surface area contributed by atoms with Crippen molar-refractivity contribution in [1.29, 1.82) is 0 Å². The van der Waals surface area contributed by atoms with Crippen molar-refractivity contribution in [2.24, 2.45) is 22.7 Å². The number of sulfone groups is 1. The number of hydrogen-bond acceptors (Lipinski definition) is 6. The van der Waals surface area contributed by atoms with Crippen molar-refractivity contribution in [2.75, 3.05) is 20.0 Å². The maximum atomic E-state index is 13.2. The van der Waals surface area contributed by atoms with E-state index in [9.17, 15) is 18.3 Å². The van der Waals surface area contributed by atoms with Crippen molar-refractivity contribution in [2.45, 2.75) is 58.2 Å². The first kappa shape index (κ1) is 19.8. The van der Waals surface area contributed by atoms with Crippen LogP contribution >= 0.6 is 0 Å². The minimum Gasteiger partial charge on any atom is -0.469 e. The zero-order valence-corrected chi connectivity index (χ0v) is 16.8. The van der Waals surface area contributed by atoms with Crippen LogP contribution in [0.1, 0.15) is 46.0 Å². The summed E-state index contributed by atoms with van der Waals surface area (Å²) in [7, 11) is -0.752. The smallest absolute Gasteiger partial charge is 0.311 e. The van der Waals surface area contributed by atoms with Gasteiger partial charge in [0.2, 0.25) is 0 Å². The molecule has 0 radical (unpaired) electrons. The van der Waals surface area contributed by atoms with Gasteiger partial charge in [-0.3, -0.25) is 4.79 Å². The number of carbonyl (C=O) groups excluding carboxylic acids is 1. The van der Waals surface area contributed by atoms with Crippen LogP contribution in [0.4, 0.5) is 0 Å². The van der Waals surface area contributed by atoms with Gasteiger partial charge in [-0.25, -0.2) is 8.42 Å². The second-order valence-electron chi connectivity index (χ2n) is 8.63. The minimum atomic E-state index is -3.54. The quantitative estimate of drug-likeness (QED) is 0.728. The number of esters is 1. The number of hydrogen-bond donors (Lipinski definition) is 1. The first-order chi connectivity index (χ1) is 12.1. The average Bonchev–Trinajstić information content (AvgIpc) is 2.94. The second-order valence-corrected chi connectivity index (χ2v) is 10.7. The molecular formula is C19H30O6S. The van der Waals surface area contributed by atoms with Crippen LogP contribution in [0.5, 0.6) is 0 Å². The van der Waals surface area contributed by atoms with Crippen molar-refractivity contribution >= 4 is 15.8 Å². The maximum Gasteiger partial charge on any atom is 0.311 e. The third-order valence-electron chi connectivity index (χ3n) is 7.46. The van der Waals surface area contributed by atoms with Crippen LogP contribution < -0.4 is 0 Å². The molecule has 2 saturated carbocycles. The Morgan fingerprint density at radius 1 is 1.31 bits per heavy atom. The number of methoxy groups -OCH3 is 2. The molecule has 148 valence electrons. The third kappa shape index (κ3) is 2.83. The van der Waals surface area contributed by atoms with Gasteiger partial charge in [0.1, 0.15) is 0 Å². The van der Waals surface area contributed by atoms with Crippen molar-refractivity contribution < 1.29 is 27.8 Å². The molecule has 1 N–H and O–H groups in total. The van der Waals surface area contributed by atoms with Gasteiger partial charge < -0.3 is 14.6 Å². The lowest BCUT2D eigenvalue weighted by Gasteiger charge is -2.40. The zero-order valence-electron chi connectivity index (χ0n) is 16.0. The van der Waals surface area contributed by atoms with E-state index in [1.54, 1.807) is 6.08 Å². The molecule has 6 nitrogen and oxygen atoms in total. The summed E-state index contributed by atoms with van der Waals surface area (Å²) in [6.07, 6.45) is 3.49. The molecule has 0 aromatic rings. The van der Waals surface area contributed by atoms with Crippen LogP contribution in [0.2, 0.25) is 0 Å². The number of aliphatic hydroxyl groups excluding tert-OH is 1. The van der Waals surface area contributed by atoms with E-state index in [1.165, 1.54) is 14.2 Å². The molecule has 0 aromatic heterocycles. The van der Waals surface area contributed by atoms with Gasteiger partial charge in [0.05, 0.1) is 31.0 Å². The first-order valence-corrected chi connectivity index (χ1v) is 11.0. The lowest BCUT2D eigenvalue weighted by Crippen LogP contribution is -2.45. The highest BCUT2D eigenvalue weighted by molar-refractivity contribution is 7.95. The normalized spacial score (nSPS) is 38.9. The Morgan fingerprint density at radius 2 is 2.00 bits per heavy atom. The molecule has 3 aliphatic rings. The Bertz CT molecular complexity index is 710. The summed E-state index contributed by atoms with van der Waals surface area (Å²) < 4.78 is 36.6. The van der Waals surface area contributed by atoms with Gasteiger partial charge in [0, 0.05) is 17.4 Å². The van der Waals surface area contributed by atoms with Gasteiger partial charge in [-0.2, -0.15) is 0 Å². The van der Waals surface area contributed by atoms with Crippen LogP contribution in [0, 0.1) is 22.7 Å². The number of ether oxygens (including phenoxy) is 2. The molecule has 3 rings (SSSR count). The molecule has 0 unspecified atom stereocenters. The van der Waals surface area contributed by atoms with Gasteiger partial charge in [-0.05, 0) is 49.5 Å². The topological polar surface area (TPSA) is 89.9 Å². The van der Waals surface area contributed by atoms with Crippen LogP contribution in [0.15, 0.2) is 11.0 Å². The van der Waals surface area contributed by atoms with Crippen LogP contribution in [-0.4, -0.2) is 51.7 Å². The Labute approximate surface area is 155 Å². The van der Waals surface area contributed by atoms with Gasteiger partial charge >= 0.3 is 5.97 Å². The molecule has 0 heterocycles. The highest BCUT2D eigenvalue weighted by Gasteiger charge is 2.65. The third-order valence-corrected chi connectivity index (χ3v) is 9.49. The fourth-order valence-corrected chi connectivity index (χ4v) is 7.89. The summed E-state index contributed by atoms with van der Waals surface area (Å²) in [4.78, 5) is 12.2. The van der Waals surface area contributed by atoms with E-state index < -0.39 is 33.4 Å². The predicted octanol–water partition coefficient (Wildman–Crippen LogP) is 2.07. The number of carbonyl (C=O) groups is 1. The predicted molar refractivity (Wildman–Crippen MR) is 97.0 cm³/mol. The Balaban J connectivity index is 1.87. The molecule has 0 aliphatic heterocycles. The lowest BCUT2D eigenvalue weighted by molar-refractivity contribution is -0.149. The fraction of sp³-hybridized carbons (Fsp3) is 0.842. The first-order valence-electron chi connectivity index (χ1n) is 9.31. The number of aliphatic hydroxyl groups is 1. The molecule has 0 amide bonds. The van der Waals surface area contributed by atoms with Crippen molar-refractivity contribution in [3.05, 3.63) is 11.0 Å². The molecule has 0 spiro atoms. The summed E-state index contributed by atoms with van der Waals surface area (Å²) in [6.45, 7) is 4.19. The Kier molecular flexibility index (Phi) is 5.04. The summed E-state index contributed by atoms with van der Waals surface area (Å²) >= 11 is 0. The van der Waals surface area contributed by atoms with Crippen molar-refractivity contribution in [3.8, 4) is 0 Å². The Hall–Kier alpha value is -0.920. The fourth-order valence-electron chi connectivity index (χ4n) is 5.55. The van der Waals surface area contributed by atoms with Crippen molar-refractivity contribution in [3.63, 3.8) is 0 Å². The maximum absolute atomic E-state index is 13.2. The van der Waals surface area contributed by atoms with Crippen molar-refractivity contribution in [1.82, 2.24) is 0 Å². The molecule has 2 bridgehead atoms. The van der Waals surface area contributed by atoms with E-state index in [0.29, 0.717) is 30.1 Å². The van der Waals surface area contributed by atoms with Crippen LogP contribution in [0.3, 0.4) is 0 Å². The number of allylic oxidation sites excluding steroid dienone is 1. The van der Waals surface area contributed by atoms with Crippen LogP contribution in [0.25, 0.3) is 0 Å². The molecular weight excluding hydrogens is 356 g/mol. The van der Waals surface area contributed by atoms with Gasteiger partial charge in [0.25, 0.3) is 0 Å². The average molecular weight is 387 g/mol. The van der Waals surface area contributed by atoms with E-state index in [1.807, 2.05) is 0 Å². The molecule has 2 fully saturated rings. The number of rotatable bonds is 5. The molecule has 7 heteroatoms. The summed E-state index contributed by atoms with van der Waals surface area (Å²) in [5.74, 6) is -0.514. The molecule has 0 aromatic carbocycles. The SMILES string of the molecule is COC(=O)[C@@H]1CCC(S(=O)(=O)C[C@]23CC[C@H](C[C@H]2O)C3(C)C)=C[C@@H]1OC. The van der Waals surface area contributed by atoms with Gasteiger partial charge in [-0.1, -0.05) is 13.8 Å². The zero-order chi connectivity index (χ0) is 19.3. The second kappa shape index (κ2) is 6.60. The highest BCUT2D eigenvalue weighted by Crippen LogP contribution is 2.66. The Morgan fingerprint density at radius 3 is 2.50 bits per heavy atom. The lowest BCUT2D eigenvalue weighted by atomic mass is 9.70. The highest BCUT2D eigenvalue weighted by atomic mass is 32.2. The van der Waals surface area contributed by atoms with E-state index in [4.69, 9.17) is 9.47 Å².